The number of nitro benzene ring substituents is 1. The molecule has 0 bridgehead atoms. The molecular formula is C12H13ClN4O2. The fourth-order valence-corrected chi connectivity index (χ4v) is 1.85. The first kappa shape index (κ1) is 13.5. The Kier molecular flexibility index (Phi) is 4.13. The van der Waals surface area contributed by atoms with Gasteiger partial charge in [-0.05, 0) is 12.6 Å². The third-order valence-corrected chi connectivity index (χ3v) is 2.94. The molecule has 2 rings (SSSR count). The Hall–Kier alpha value is -1.92. The number of halogens is 1. The van der Waals surface area contributed by atoms with E-state index in [1.807, 2.05) is 6.92 Å². The van der Waals surface area contributed by atoms with Gasteiger partial charge in [0.25, 0.3) is 5.69 Å². The van der Waals surface area contributed by atoms with Crippen molar-refractivity contribution in [3.63, 3.8) is 0 Å². The third-order valence-electron chi connectivity index (χ3n) is 2.62. The maximum Gasteiger partial charge on any atom is 0.288 e. The van der Waals surface area contributed by atoms with E-state index in [1.165, 1.54) is 12.1 Å². The Morgan fingerprint density at radius 3 is 3.00 bits per heavy atom. The second-order valence-electron chi connectivity index (χ2n) is 3.95. The second-order valence-corrected chi connectivity index (χ2v) is 4.35. The van der Waals surface area contributed by atoms with Gasteiger partial charge in [0, 0.05) is 11.6 Å². The Labute approximate surface area is 115 Å². The minimum Gasteiger partial charge on any atom is -0.341 e. The molecule has 1 aromatic carbocycles. The molecule has 1 heterocycles. The summed E-state index contributed by atoms with van der Waals surface area (Å²) in [7, 11) is 0. The highest BCUT2D eigenvalue weighted by atomic mass is 35.5. The van der Waals surface area contributed by atoms with Crippen molar-refractivity contribution in [2.45, 2.75) is 13.5 Å². The molecule has 2 aromatic rings. The lowest BCUT2D eigenvalue weighted by Crippen LogP contribution is -2.12. The predicted octanol–water partition coefficient (Wildman–Crippen LogP) is 2.75. The van der Waals surface area contributed by atoms with Crippen LogP contribution < -0.4 is 5.32 Å². The third kappa shape index (κ3) is 3.10. The van der Waals surface area contributed by atoms with E-state index >= 15 is 0 Å². The highest BCUT2D eigenvalue weighted by Gasteiger charge is 2.14. The minimum atomic E-state index is -0.498. The summed E-state index contributed by atoms with van der Waals surface area (Å²) in [6.07, 6.45) is 1.65. The Morgan fingerprint density at radius 2 is 2.32 bits per heavy atom. The lowest BCUT2D eigenvalue weighted by molar-refractivity contribution is -0.384. The number of hydrogen-bond donors (Lipinski definition) is 2. The fourth-order valence-electron chi connectivity index (χ4n) is 1.66. The first-order valence-electron chi connectivity index (χ1n) is 5.80. The van der Waals surface area contributed by atoms with Gasteiger partial charge in [-0.3, -0.25) is 10.1 Å². The van der Waals surface area contributed by atoms with Crippen LogP contribution in [0, 0.1) is 10.1 Å². The molecule has 0 radical (unpaired) electrons. The van der Waals surface area contributed by atoms with Crippen molar-refractivity contribution in [3.8, 4) is 11.3 Å². The minimum absolute atomic E-state index is 0.109. The van der Waals surface area contributed by atoms with Crippen molar-refractivity contribution in [1.82, 2.24) is 15.3 Å². The highest BCUT2D eigenvalue weighted by Crippen LogP contribution is 2.29. The zero-order chi connectivity index (χ0) is 13.8. The molecule has 2 N–H and O–H groups in total. The molecule has 0 amide bonds. The molecular weight excluding hydrogens is 268 g/mol. The van der Waals surface area contributed by atoms with Gasteiger partial charge in [-0.2, -0.15) is 0 Å². The number of H-pyrrole nitrogens is 1. The van der Waals surface area contributed by atoms with Crippen LogP contribution >= 0.6 is 11.6 Å². The van der Waals surface area contributed by atoms with Crippen LogP contribution in [0.1, 0.15) is 12.7 Å². The quantitative estimate of drug-likeness (QED) is 0.651. The molecule has 100 valence electrons. The van der Waals surface area contributed by atoms with Gasteiger partial charge in [-0.1, -0.05) is 24.6 Å². The van der Waals surface area contributed by atoms with Crippen molar-refractivity contribution >= 4 is 17.3 Å². The monoisotopic (exact) mass is 280 g/mol. The van der Waals surface area contributed by atoms with Crippen LogP contribution in [0.4, 0.5) is 5.69 Å². The second kappa shape index (κ2) is 5.81. The van der Waals surface area contributed by atoms with Gasteiger partial charge >= 0.3 is 0 Å². The molecule has 0 unspecified atom stereocenters. The number of benzene rings is 1. The maximum atomic E-state index is 10.8. The molecule has 19 heavy (non-hydrogen) atoms. The number of nitrogens with zero attached hydrogens (tertiary/aromatic N) is 2. The van der Waals surface area contributed by atoms with Crippen LogP contribution in [0.15, 0.2) is 24.4 Å². The Balaban J connectivity index is 2.29. The molecule has 0 saturated carbocycles. The van der Waals surface area contributed by atoms with Crippen molar-refractivity contribution in [2.75, 3.05) is 6.54 Å². The Morgan fingerprint density at radius 1 is 1.53 bits per heavy atom. The number of nitrogens with one attached hydrogen (secondary N) is 2. The van der Waals surface area contributed by atoms with Crippen LogP contribution in [-0.2, 0) is 6.54 Å². The average Bonchev–Trinajstić information content (AvgIpc) is 2.85. The van der Waals surface area contributed by atoms with Crippen molar-refractivity contribution in [2.24, 2.45) is 0 Å². The SMILES string of the molecule is CCNCc1ncc(-c2ccc(Cl)c([N+](=O)[O-])c2)[nH]1. The van der Waals surface area contributed by atoms with Crippen LogP contribution in [0.2, 0.25) is 5.02 Å². The number of aromatic amines is 1. The van der Waals surface area contributed by atoms with Gasteiger partial charge in [0.05, 0.1) is 23.4 Å². The molecule has 0 spiro atoms. The average molecular weight is 281 g/mol. The molecule has 0 atom stereocenters. The van der Waals surface area contributed by atoms with Crippen LogP contribution in [0.3, 0.4) is 0 Å². The summed E-state index contributed by atoms with van der Waals surface area (Å²) in [6.45, 7) is 3.49. The summed E-state index contributed by atoms with van der Waals surface area (Å²) in [4.78, 5) is 17.7. The first-order valence-corrected chi connectivity index (χ1v) is 6.18. The highest BCUT2D eigenvalue weighted by molar-refractivity contribution is 6.32. The van der Waals surface area contributed by atoms with Gasteiger partial charge in [-0.15, -0.1) is 0 Å². The summed E-state index contributed by atoms with van der Waals surface area (Å²) in [6, 6.07) is 4.67. The zero-order valence-corrected chi connectivity index (χ0v) is 11.1. The Bertz CT molecular complexity index is 597. The number of nitro groups is 1. The topological polar surface area (TPSA) is 83.8 Å². The van der Waals surface area contributed by atoms with Crippen molar-refractivity contribution < 1.29 is 4.92 Å². The molecule has 0 aliphatic rings. The van der Waals surface area contributed by atoms with Gasteiger partial charge in [0.15, 0.2) is 0 Å². The van der Waals surface area contributed by atoms with Crippen molar-refractivity contribution in [3.05, 3.63) is 45.4 Å². The summed E-state index contributed by atoms with van der Waals surface area (Å²) in [5.74, 6) is 0.787. The smallest absolute Gasteiger partial charge is 0.288 e. The molecule has 1 aromatic heterocycles. The van der Waals surface area contributed by atoms with E-state index in [0.717, 1.165) is 18.1 Å². The first-order chi connectivity index (χ1) is 9.11. The van der Waals surface area contributed by atoms with E-state index in [-0.39, 0.29) is 10.7 Å². The summed E-state index contributed by atoms with van der Waals surface area (Å²) >= 11 is 5.77. The van der Waals surface area contributed by atoms with Gasteiger partial charge in [0.1, 0.15) is 10.8 Å². The maximum absolute atomic E-state index is 10.8. The lowest BCUT2D eigenvalue weighted by atomic mass is 10.1. The molecule has 0 fully saturated rings. The number of aromatic nitrogens is 2. The molecule has 7 heteroatoms. The van der Waals surface area contributed by atoms with Crippen LogP contribution in [0.5, 0.6) is 0 Å². The largest absolute Gasteiger partial charge is 0.341 e. The van der Waals surface area contributed by atoms with E-state index in [2.05, 4.69) is 15.3 Å². The number of rotatable bonds is 5. The summed E-state index contributed by atoms with van der Waals surface area (Å²) in [5, 5.41) is 14.1. The molecule has 6 nitrogen and oxygen atoms in total. The normalized spacial score (nSPS) is 10.6. The lowest BCUT2D eigenvalue weighted by Gasteiger charge is -2.00. The van der Waals surface area contributed by atoms with Gasteiger partial charge in [0.2, 0.25) is 0 Å². The van der Waals surface area contributed by atoms with E-state index in [4.69, 9.17) is 11.6 Å². The van der Waals surface area contributed by atoms with Crippen LogP contribution in [-0.4, -0.2) is 21.4 Å². The molecule has 0 saturated heterocycles. The summed E-state index contributed by atoms with van der Waals surface area (Å²) < 4.78 is 0. The molecule has 0 aliphatic carbocycles. The summed E-state index contributed by atoms with van der Waals surface area (Å²) in [5.41, 5.74) is 1.31. The van der Waals surface area contributed by atoms with E-state index in [1.54, 1.807) is 12.3 Å². The number of imidazole rings is 1. The van der Waals surface area contributed by atoms with Gasteiger partial charge < -0.3 is 10.3 Å². The van der Waals surface area contributed by atoms with E-state index in [0.29, 0.717) is 12.1 Å². The molecule has 0 aliphatic heterocycles. The fraction of sp³-hybridized carbons (Fsp3) is 0.250. The number of hydrogen-bond acceptors (Lipinski definition) is 4. The van der Waals surface area contributed by atoms with E-state index in [9.17, 15) is 10.1 Å². The van der Waals surface area contributed by atoms with Crippen LogP contribution in [0.25, 0.3) is 11.3 Å². The van der Waals surface area contributed by atoms with Crippen molar-refractivity contribution in [1.29, 1.82) is 0 Å². The predicted molar refractivity (Wildman–Crippen MR) is 73.1 cm³/mol. The zero-order valence-electron chi connectivity index (χ0n) is 10.3. The van der Waals surface area contributed by atoms with Gasteiger partial charge in [-0.25, -0.2) is 4.98 Å². The van der Waals surface area contributed by atoms with E-state index < -0.39 is 4.92 Å². The standard InChI is InChI=1S/C12H13ClN4O2/c1-2-14-7-12-15-6-10(16-12)8-3-4-9(13)11(5-8)17(18)19/h3-6,14H,2,7H2,1H3,(H,15,16).